The Morgan fingerprint density at radius 1 is 1.38 bits per heavy atom. The zero-order valence-corrected chi connectivity index (χ0v) is 14.9. The second-order valence-corrected chi connectivity index (χ2v) is 6.99. The van der Waals surface area contributed by atoms with Crippen LogP contribution < -0.4 is 10.1 Å². The first-order valence-electron chi connectivity index (χ1n) is 7.90. The van der Waals surface area contributed by atoms with Crippen molar-refractivity contribution in [1.29, 1.82) is 0 Å². The first-order valence-corrected chi connectivity index (χ1v) is 8.69. The van der Waals surface area contributed by atoms with E-state index in [4.69, 9.17) is 4.74 Å². The molecule has 1 heterocycles. The van der Waals surface area contributed by atoms with Gasteiger partial charge < -0.3 is 10.1 Å². The lowest BCUT2D eigenvalue weighted by Gasteiger charge is -2.33. The molecule has 1 aliphatic rings. The molecule has 0 aromatic heterocycles. The minimum atomic E-state index is 0.551. The third-order valence-corrected chi connectivity index (χ3v) is 4.82. The van der Waals surface area contributed by atoms with E-state index in [1.165, 1.54) is 31.4 Å². The van der Waals surface area contributed by atoms with Crippen LogP contribution in [-0.2, 0) is 6.54 Å². The van der Waals surface area contributed by atoms with Crippen molar-refractivity contribution in [2.45, 2.75) is 51.7 Å². The van der Waals surface area contributed by atoms with Crippen LogP contribution in [0.2, 0.25) is 0 Å². The van der Waals surface area contributed by atoms with E-state index in [0.717, 1.165) is 23.3 Å². The van der Waals surface area contributed by atoms with Crippen LogP contribution in [0.1, 0.15) is 38.7 Å². The fourth-order valence-electron chi connectivity index (χ4n) is 2.86. The number of ether oxygens (including phenoxy) is 1. The second-order valence-electron chi connectivity index (χ2n) is 6.14. The molecule has 118 valence electrons. The molecular formula is C17H27BrN2O. The van der Waals surface area contributed by atoms with E-state index in [1.54, 1.807) is 7.11 Å². The summed E-state index contributed by atoms with van der Waals surface area (Å²) in [5.74, 6) is 0.892. The van der Waals surface area contributed by atoms with Crippen molar-refractivity contribution in [3.05, 3.63) is 28.2 Å². The fourth-order valence-corrected chi connectivity index (χ4v) is 3.45. The summed E-state index contributed by atoms with van der Waals surface area (Å²) in [6.45, 7) is 7.84. The first-order chi connectivity index (χ1) is 10.1. The van der Waals surface area contributed by atoms with Gasteiger partial charge in [0.2, 0.25) is 0 Å². The molecule has 1 fully saturated rings. The quantitative estimate of drug-likeness (QED) is 0.840. The number of hydrogen-bond acceptors (Lipinski definition) is 3. The Kier molecular flexibility index (Phi) is 6.52. The summed E-state index contributed by atoms with van der Waals surface area (Å²) in [6.07, 6.45) is 3.98. The maximum Gasteiger partial charge on any atom is 0.133 e. The Bertz CT molecular complexity index is 444. The summed E-state index contributed by atoms with van der Waals surface area (Å²) in [4.78, 5) is 2.55. The summed E-state index contributed by atoms with van der Waals surface area (Å²) in [7, 11) is 1.70. The molecule has 1 aromatic carbocycles. The molecule has 21 heavy (non-hydrogen) atoms. The van der Waals surface area contributed by atoms with Crippen LogP contribution in [0.3, 0.4) is 0 Å². The van der Waals surface area contributed by atoms with Gasteiger partial charge in [-0.15, -0.1) is 0 Å². The molecule has 1 saturated heterocycles. The van der Waals surface area contributed by atoms with Gasteiger partial charge in [-0.05, 0) is 66.9 Å². The van der Waals surface area contributed by atoms with Crippen LogP contribution in [0.15, 0.2) is 22.7 Å². The standard InChI is InChI=1S/C17H27BrN2O/c1-13(2)20(12-15-6-4-5-9-19-15)11-14-7-8-17(21-3)16(18)10-14/h7-8,10,13,15,19H,4-6,9,11-12H2,1-3H3. The van der Waals surface area contributed by atoms with Gasteiger partial charge in [0, 0.05) is 25.2 Å². The molecular weight excluding hydrogens is 328 g/mol. The summed E-state index contributed by atoms with van der Waals surface area (Å²) in [5.41, 5.74) is 1.33. The largest absolute Gasteiger partial charge is 0.496 e. The highest BCUT2D eigenvalue weighted by molar-refractivity contribution is 9.10. The van der Waals surface area contributed by atoms with E-state index in [9.17, 15) is 0 Å². The second kappa shape index (κ2) is 8.16. The zero-order valence-electron chi connectivity index (χ0n) is 13.4. The predicted molar refractivity (Wildman–Crippen MR) is 91.9 cm³/mol. The number of benzene rings is 1. The van der Waals surface area contributed by atoms with Crippen LogP contribution in [0.4, 0.5) is 0 Å². The SMILES string of the molecule is COc1ccc(CN(CC2CCCCN2)C(C)C)cc1Br. The van der Waals surface area contributed by atoms with Gasteiger partial charge in [0.05, 0.1) is 11.6 Å². The lowest BCUT2D eigenvalue weighted by atomic mass is 10.0. The molecule has 0 saturated carbocycles. The Balaban J connectivity index is 2.00. The number of methoxy groups -OCH3 is 1. The predicted octanol–water partition coefficient (Wildman–Crippen LogP) is 3.81. The van der Waals surface area contributed by atoms with Crippen molar-refractivity contribution in [3.8, 4) is 5.75 Å². The van der Waals surface area contributed by atoms with Gasteiger partial charge in [0.25, 0.3) is 0 Å². The van der Waals surface area contributed by atoms with Gasteiger partial charge in [-0.3, -0.25) is 4.90 Å². The van der Waals surface area contributed by atoms with Crippen molar-refractivity contribution in [1.82, 2.24) is 10.2 Å². The maximum absolute atomic E-state index is 5.30. The van der Waals surface area contributed by atoms with Crippen molar-refractivity contribution in [3.63, 3.8) is 0 Å². The summed E-state index contributed by atoms with van der Waals surface area (Å²) in [5, 5.41) is 3.65. The highest BCUT2D eigenvalue weighted by Gasteiger charge is 2.19. The van der Waals surface area contributed by atoms with Crippen LogP contribution in [0.25, 0.3) is 0 Å². The average Bonchev–Trinajstić information content (AvgIpc) is 2.48. The first kappa shape index (κ1) is 16.8. The normalized spacial score (nSPS) is 19.2. The van der Waals surface area contributed by atoms with Crippen LogP contribution in [-0.4, -0.2) is 37.2 Å². The molecule has 1 unspecified atom stereocenters. The average molecular weight is 355 g/mol. The van der Waals surface area contributed by atoms with Gasteiger partial charge in [0.1, 0.15) is 5.75 Å². The van der Waals surface area contributed by atoms with Gasteiger partial charge in [-0.2, -0.15) is 0 Å². The number of piperidine rings is 1. The van der Waals surface area contributed by atoms with E-state index >= 15 is 0 Å². The van der Waals surface area contributed by atoms with Crippen molar-refractivity contribution in [2.24, 2.45) is 0 Å². The number of halogens is 1. The molecule has 1 N–H and O–H groups in total. The molecule has 1 aliphatic heterocycles. The zero-order chi connectivity index (χ0) is 15.2. The molecule has 0 radical (unpaired) electrons. The molecule has 3 nitrogen and oxygen atoms in total. The molecule has 0 amide bonds. The minimum Gasteiger partial charge on any atom is -0.496 e. The van der Waals surface area contributed by atoms with Crippen LogP contribution in [0.5, 0.6) is 5.75 Å². The van der Waals surface area contributed by atoms with Gasteiger partial charge in [0.15, 0.2) is 0 Å². The van der Waals surface area contributed by atoms with E-state index in [1.807, 2.05) is 6.07 Å². The van der Waals surface area contributed by atoms with E-state index < -0.39 is 0 Å². The smallest absolute Gasteiger partial charge is 0.133 e. The Morgan fingerprint density at radius 2 is 2.19 bits per heavy atom. The molecule has 2 rings (SSSR count). The lowest BCUT2D eigenvalue weighted by Crippen LogP contribution is -2.45. The number of nitrogens with zero attached hydrogens (tertiary/aromatic N) is 1. The minimum absolute atomic E-state index is 0.551. The van der Waals surface area contributed by atoms with Gasteiger partial charge >= 0.3 is 0 Å². The van der Waals surface area contributed by atoms with Crippen molar-refractivity contribution in [2.75, 3.05) is 20.2 Å². The Morgan fingerprint density at radius 3 is 2.76 bits per heavy atom. The lowest BCUT2D eigenvalue weighted by molar-refractivity contribution is 0.177. The number of rotatable bonds is 6. The van der Waals surface area contributed by atoms with Crippen molar-refractivity contribution >= 4 is 15.9 Å². The highest BCUT2D eigenvalue weighted by Crippen LogP contribution is 2.26. The van der Waals surface area contributed by atoms with E-state index in [2.05, 4.69) is 52.1 Å². The molecule has 0 bridgehead atoms. The van der Waals surface area contributed by atoms with Crippen LogP contribution >= 0.6 is 15.9 Å². The van der Waals surface area contributed by atoms with Gasteiger partial charge in [-0.25, -0.2) is 0 Å². The number of nitrogens with one attached hydrogen (secondary N) is 1. The van der Waals surface area contributed by atoms with Crippen LogP contribution in [0, 0.1) is 0 Å². The van der Waals surface area contributed by atoms with E-state index in [0.29, 0.717) is 12.1 Å². The van der Waals surface area contributed by atoms with Gasteiger partial charge in [-0.1, -0.05) is 12.5 Å². The Hall–Kier alpha value is -0.580. The fraction of sp³-hybridized carbons (Fsp3) is 0.647. The maximum atomic E-state index is 5.30. The summed E-state index contributed by atoms with van der Waals surface area (Å²) < 4.78 is 6.33. The molecule has 1 atom stereocenters. The topological polar surface area (TPSA) is 24.5 Å². The third kappa shape index (κ3) is 4.97. The Labute approximate surface area is 137 Å². The highest BCUT2D eigenvalue weighted by atomic mass is 79.9. The van der Waals surface area contributed by atoms with E-state index in [-0.39, 0.29) is 0 Å². The molecule has 1 aromatic rings. The third-order valence-electron chi connectivity index (χ3n) is 4.20. The van der Waals surface area contributed by atoms with Crippen molar-refractivity contribution < 1.29 is 4.74 Å². The molecule has 4 heteroatoms. The summed E-state index contributed by atoms with van der Waals surface area (Å²) >= 11 is 3.58. The monoisotopic (exact) mass is 354 g/mol. The molecule has 0 aliphatic carbocycles. The summed E-state index contributed by atoms with van der Waals surface area (Å²) in [6, 6.07) is 7.56. The molecule has 0 spiro atoms. The number of hydrogen-bond donors (Lipinski definition) is 1.